The van der Waals surface area contributed by atoms with E-state index < -0.39 is 0 Å². The van der Waals surface area contributed by atoms with Gasteiger partial charge in [0.25, 0.3) is 5.91 Å². The van der Waals surface area contributed by atoms with Crippen molar-refractivity contribution in [1.29, 1.82) is 0 Å². The molecule has 1 aromatic carbocycles. The Morgan fingerprint density at radius 1 is 1.07 bits per heavy atom. The first-order chi connectivity index (χ1) is 12.9. The molecule has 2 aliphatic carbocycles. The van der Waals surface area contributed by atoms with E-state index in [1.807, 2.05) is 0 Å². The second kappa shape index (κ2) is 5.05. The second-order valence-electron chi connectivity index (χ2n) is 10.4. The molecule has 27 heavy (non-hydrogen) atoms. The summed E-state index contributed by atoms with van der Waals surface area (Å²) in [4.78, 5) is 14.9. The lowest BCUT2D eigenvalue weighted by atomic mass is 9.58. The van der Waals surface area contributed by atoms with Crippen molar-refractivity contribution in [2.75, 3.05) is 6.54 Å². The Kier molecular flexibility index (Phi) is 3.06. The van der Waals surface area contributed by atoms with Gasteiger partial charge < -0.3 is 9.64 Å². The molecule has 0 aromatic heterocycles. The normalized spacial score (nSPS) is 48.6. The van der Waals surface area contributed by atoms with Gasteiger partial charge in [0.05, 0.1) is 11.6 Å². The Morgan fingerprint density at radius 2 is 1.85 bits per heavy atom. The van der Waals surface area contributed by atoms with E-state index in [4.69, 9.17) is 4.74 Å². The van der Waals surface area contributed by atoms with Crippen LogP contribution in [-0.2, 0) is 9.53 Å². The molecule has 142 valence electrons. The summed E-state index contributed by atoms with van der Waals surface area (Å²) in [5.74, 6) is 3.15. The molecule has 2 saturated carbocycles. The van der Waals surface area contributed by atoms with Crippen molar-refractivity contribution < 1.29 is 9.53 Å². The third-order valence-corrected chi connectivity index (χ3v) is 8.90. The van der Waals surface area contributed by atoms with Crippen LogP contribution in [0.4, 0.5) is 0 Å². The van der Waals surface area contributed by atoms with Crippen LogP contribution in [0.25, 0.3) is 0 Å². The predicted octanol–water partition coefficient (Wildman–Crippen LogP) is 4.01. The fourth-order valence-electron chi connectivity index (χ4n) is 7.27. The van der Waals surface area contributed by atoms with Gasteiger partial charge in [0.15, 0.2) is 6.10 Å². The maximum absolute atomic E-state index is 12.8. The van der Waals surface area contributed by atoms with Gasteiger partial charge >= 0.3 is 0 Å². The van der Waals surface area contributed by atoms with Crippen molar-refractivity contribution in [2.24, 2.45) is 29.1 Å². The molecule has 8 atom stereocenters. The first kappa shape index (κ1) is 16.4. The van der Waals surface area contributed by atoms with Gasteiger partial charge in [-0.2, -0.15) is 0 Å². The Balaban J connectivity index is 1.46. The standard InChI is InChI=1S/C24H29NO2/c1-23(2)16-12-17-19-15(14-8-5-4-6-9-14)10-7-11-25-20(19)21(22(25)26)27-24(17,3)13-18(16)23/h4-10,15-21H,11-13H2,1-3H3/t15-,16+,17+,18-,19+,20-,21+,24+/m0/s1. The maximum atomic E-state index is 12.8. The van der Waals surface area contributed by atoms with Crippen LogP contribution in [0.2, 0.25) is 0 Å². The summed E-state index contributed by atoms with van der Waals surface area (Å²) in [6.45, 7) is 7.91. The zero-order valence-electron chi connectivity index (χ0n) is 16.5. The van der Waals surface area contributed by atoms with E-state index in [0.717, 1.165) is 24.8 Å². The minimum Gasteiger partial charge on any atom is -0.360 e. The fourth-order valence-corrected chi connectivity index (χ4v) is 7.27. The van der Waals surface area contributed by atoms with Gasteiger partial charge in [-0.05, 0) is 54.4 Å². The summed E-state index contributed by atoms with van der Waals surface area (Å²) in [5, 5.41) is 0. The fraction of sp³-hybridized carbons (Fsp3) is 0.625. The van der Waals surface area contributed by atoms with Crippen LogP contribution >= 0.6 is 0 Å². The monoisotopic (exact) mass is 363 g/mol. The quantitative estimate of drug-likeness (QED) is 0.557. The number of ether oxygens (including phenoxy) is 1. The number of benzene rings is 1. The van der Waals surface area contributed by atoms with Crippen LogP contribution in [-0.4, -0.2) is 35.1 Å². The van der Waals surface area contributed by atoms with Gasteiger partial charge in [-0.3, -0.25) is 4.79 Å². The average Bonchev–Trinajstić information content (AvgIpc) is 3.25. The maximum Gasteiger partial charge on any atom is 0.254 e. The van der Waals surface area contributed by atoms with Crippen LogP contribution in [0.5, 0.6) is 0 Å². The molecular weight excluding hydrogens is 334 g/mol. The van der Waals surface area contributed by atoms with Gasteiger partial charge in [-0.1, -0.05) is 56.3 Å². The molecular formula is C24H29NO2. The van der Waals surface area contributed by atoms with Crippen molar-refractivity contribution >= 4 is 5.91 Å². The number of carbonyl (C=O) groups excluding carboxylic acids is 1. The molecule has 3 heteroatoms. The number of carbonyl (C=O) groups is 1. The third-order valence-electron chi connectivity index (χ3n) is 8.90. The Morgan fingerprint density at radius 3 is 2.63 bits per heavy atom. The Hall–Kier alpha value is -1.61. The van der Waals surface area contributed by atoms with Gasteiger partial charge in [-0.25, -0.2) is 0 Å². The molecule has 5 aliphatic rings. The summed E-state index contributed by atoms with van der Waals surface area (Å²) in [7, 11) is 0. The number of β-lactam (4-membered cyclic amide) rings is 1. The van der Waals surface area contributed by atoms with Gasteiger partial charge in [-0.15, -0.1) is 0 Å². The van der Waals surface area contributed by atoms with Gasteiger partial charge in [0, 0.05) is 12.5 Å². The molecule has 3 nitrogen and oxygen atoms in total. The summed E-state index contributed by atoms with van der Waals surface area (Å²) in [6, 6.07) is 11.2. The Bertz CT molecular complexity index is 830. The summed E-state index contributed by atoms with van der Waals surface area (Å²) in [6.07, 6.45) is 6.75. The van der Waals surface area contributed by atoms with E-state index in [2.05, 4.69) is 68.2 Å². The van der Waals surface area contributed by atoms with E-state index >= 15 is 0 Å². The minimum absolute atomic E-state index is 0.159. The minimum atomic E-state index is -0.222. The van der Waals surface area contributed by atoms with Crippen LogP contribution < -0.4 is 0 Å². The highest BCUT2D eigenvalue weighted by Gasteiger charge is 2.71. The number of amides is 1. The molecule has 3 heterocycles. The largest absolute Gasteiger partial charge is 0.360 e. The highest BCUT2D eigenvalue weighted by atomic mass is 16.5. The smallest absolute Gasteiger partial charge is 0.254 e. The first-order valence-electron chi connectivity index (χ1n) is 10.6. The zero-order chi connectivity index (χ0) is 18.6. The lowest BCUT2D eigenvalue weighted by Crippen LogP contribution is -2.75. The number of hydrogen-bond acceptors (Lipinski definition) is 2. The number of fused-ring (bicyclic) bond motifs is 3. The number of allylic oxidation sites excluding steroid dienone is 1. The molecule has 6 rings (SSSR count). The van der Waals surface area contributed by atoms with Crippen molar-refractivity contribution in [3.05, 3.63) is 48.0 Å². The predicted molar refractivity (Wildman–Crippen MR) is 104 cm³/mol. The molecule has 4 fully saturated rings. The highest BCUT2D eigenvalue weighted by Crippen LogP contribution is 2.71. The lowest BCUT2D eigenvalue weighted by Gasteiger charge is -2.62. The highest BCUT2D eigenvalue weighted by molar-refractivity contribution is 5.89. The van der Waals surface area contributed by atoms with E-state index in [9.17, 15) is 4.79 Å². The zero-order valence-corrected chi connectivity index (χ0v) is 16.5. The second-order valence-corrected chi connectivity index (χ2v) is 10.4. The van der Waals surface area contributed by atoms with Crippen molar-refractivity contribution in [1.82, 2.24) is 4.90 Å². The average molecular weight is 364 g/mol. The topological polar surface area (TPSA) is 29.5 Å². The molecule has 0 radical (unpaired) electrons. The summed E-state index contributed by atoms with van der Waals surface area (Å²) in [5.41, 5.74) is 1.67. The lowest BCUT2D eigenvalue weighted by molar-refractivity contribution is -0.254. The summed E-state index contributed by atoms with van der Waals surface area (Å²) >= 11 is 0. The number of hydrogen-bond donors (Lipinski definition) is 0. The SMILES string of the molecule is CC1(C)[C@@H]2C[C@@H]3[C@@H]4[C@H]5[C@@H](O[C@]3(C)C[C@@H]21)C(=O)N5CC=C[C@H]4c1ccccc1. The first-order valence-corrected chi connectivity index (χ1v) is 10.6. The molecule has 0 N–H and O–H groups in total. The van der Waals surface area contributed by atoms with Gasteiger partial charge in [0.1, 0.15) is 0 Å². The van der Waals surface area contributed by atoms with Crippen molar-refractivity contribution in [3.63, 3.8) is 0 Å². The van der Waals surface area contributed by atoms with Crippen LogP contribution in [0.15, 0.2) is 42.5 Å². The molecule has 0 unspecified atom stereocenters. The molecule has 0 spiro atoms. The number of nitrogens with zero attached hydrogens (tertiary/aromatic N) is 1. The number of rotatable bonds is 1. The molecule has 2 saturated heterocycles. The van der Waals surface area contributed by atoms with Gasteiger partial charge in [0.2, 0.25) is 0 Å². The van der Waals surface area contributed by atoms with Crippen LogP contribution in [0.1, 0.15) is 45.1 Å². The van der Waals surface area contributed by atoms with Crippen molar-refractivity contribution in [3.8, 4) is 0 Å². The van der Waals surface area contributed by atoms with E-state index in [0.29, 0.717) is 23.2 Å². The summed E-state index contributed by atoms with van der Waals surface area (Å²) < 4.78 is 6.64. The molecule has 1 amide bonds. The van der Waals surface area contributed by atoms with Crippen LogP contribution in [0, 0.1) is 29.1 Å². The third kappa shape index (κ3) is 1.99. The molecule has 0 bridgehead atoms. The van der Waals surface area contributed by atoms with E-state index in [-0.39, 0.29) is 23.7 Å². The van der Waals surface area contributed by atoms with Crippen molar-refractivity contribution in [2.45, 2.75) is 57.3 Å². The molecule has 1 aromatic rings. The Labute approximate surface area is 161 Å². The van der Waals surface area contributed by atoms with E-state index in [1.165, 1.54) is 12.0 Å². The van der Waals surface area contributed by atoms with Crippen LogP contribution in [0.3, 0.4) is 0 Å². The molecule has 3 aliphatic heterocycles. The van der Waals surface area contributed by atoms with E-state index in [1.54, 1.807) is 0 Å².